The van der Waals surface area contributed by atoms with Crippen molar-refractivity contribution in [2.45, 2.75) is 32.7 Å². The smallest absolute Gasteiger partial charge is 0.246 e. The number of carbonyl (C=O) groups is 1. The van der Waals surface area contributed by atoms with E-state index < -0.39 is 0 Å². The molecule has 1 saturated carbocycles. The van der Waals surface area contributed by atoms with Crippen LogP contribution in [0.15, 0.2) is 28.7 Å². The second-order valence-electron chi connectivity index (χ2n) is 7.31. The number of aromatic nitrogens is 3. The van der Waals surface area contributed by atoms with E-state index in [0.717, 1.165) is 17.9 Å². The fraction of sp³-hybridized carbons (Fsp3) is 0.450. The van der Waals surface area contributed by atoms with Crippen LogP contribution < -0.4 is 14.8 Å². The summed E-state index contributed by atoms with van der Waals surface area (Å²) in [6, 6.07) is 7.35. The first-order valence-corrected chi connectivity index (χ1v) is 9.45. The molecule has 28 heavy (non-hydrogen) atoms. The zero-order valence-corrected chi connectivity index (χ0v) is 16.3. The molecule has 1 amide bonds. The van der Waals surface area contributed by atoms with Crippen LogP contribution in [0.3, 0.4) is 0 Å². The summed E-state index contributed by atoms with van der Waals surface area (Å²) in [7, 11) is 1.80. The van der Waals surface area contributed by atoms with Gasteiger partial charge in [0, 0.05) is 26.1 Å². The lowest BCUT2D eigenvalue weighted by molar-refractivity contribution is -0.119. The van der Waals surface area contributed by atoms with Crippen LogP contribution in [0.25, 0.3) is 22.7 Å². The molecule has 8 nitrogen and oxygen atoms in total. The Morgan fingerprint density at radius 2 is 2.18 bits per heavy atom. The van der Waals surface area contributed by atoms with Crippen LogP contribution in [0.1, 0.15) is 26.7 Å². The molecule has 0 spiro atoms. The third-order valence-corrected chi connectivity index (χ3v) is 4.55. The number of nitrogens with zero attached hydrogens (tertiary/aromatic N) is 3. The zero-order chi connectivity index (χ0) is 19.7. The van der Waals surface area contributed by atoms with Crippen molar-refractivity contribution in [3.05, 3.63) is 24.3 Å². The largest absolute Gasteiger partial charge is 0.493 e. The number of nitrogens with one attached hydrogen (secondary N) is 1. The first-order chi connectivity index (χ1) is 13.5. The highest BCUT2D eigenvalue weighted by Gasteiger charge is 2.22. The fourth-order valence-electron chi connectivity index (χ4n) is 2.91. The number of hydrogen-bond acceptors (Lipinski definition) is 6. The minimum absolute atomic E-state index is 0.0928. The summed E-state index contributed by atoms with van der Waals surface area (Å²) in [6.45, 7) is 4.43. The van der Waals surface area contributed by atoms with Crippen molar-refractivity contribution in [2.75, 3.05) is 13.2 Å². The predicted molar refractivity (Wildman–Crippen MR) is 103 cm³/mol. The summed E-state index contributed by atoms with van der Waals surface area (Å²) in [6.07, 6.45) is 2.51. The summed E-state index contributed by atoms with van der Waals surface area (Å²) < 4.78 is 19.1. The summed E-state index contributed by atoms with van der Waals surface area (Å²) >= 11 is 0. The summed E-state index contributed by atoms with van der Waals surface area (Å²) in [4.78, 5) is 15.6. The van der Waals surface area contributed by atoms with Crippen molar-refractivity contribution in [3.8, 4) is 23.2 Å². The molecule has 2 heterocycles. The van der Waals surface area contributed by atoms with E-state index in [2.05, 4.69) is 15.4 Å². The van der Waals surface area contributed by atoms with Crippen LogP contribution in [0, 0.1) is 5.92 Å². The van der Waals surface area contributed by atoms with Crippen LogP contribution in [0.4, 0.5) is 0 Å². The van der Waals surface area contributed by atoms with Gasteiger partial charge in [-0.2, -0.15) is 0 Å². The highest BCUT2D eigenvalue weighted by atomic mass is 16.5. The number of oxazole rings is 1. The van der Waals surface area contributed by atoms with Gasteiger partial charge < -0.3 is 19.2 Å². The number of aryl methyl sites for hydroxylation is 1. The minimum Gasteiger partial charge on any atom is -0.493 e. The molecule has 1 aliphatic rings. The molecule has 0 bridgehead atoms. The van der Waals surface area contributed by atoms with Gasteiger partial charge in [-0.05, 0) is 37.8 Å². The van der Waals surface area contributed by atoms with Crippen molar-refractivity contribution in [2.24, 2.45) is 13.0 Å². The van der Waals surface area contributed by atoms with Crippen molar-refractivity contribution in [1.82, 2.24) is 20.1 Å². The third kappa shape index (κ3) is 4.27. The van der Waals surface area contributed by atoms with Gasteiger partial charge in [-0.15, -0.1) is 5.10 Å². The van der Waals surface area contributed by atoms with Gasteiger partial charge in [-0.25, -0.2) is 4.98 Å². The highest BCUT2D eigenvalue weighted by Crippen LogP contribution is 2.31. The number of ether oxygens (including phenoxy) is 2. The van der Waals surface area contributed by atoms with Crippen molar-refractivity contribution in [3.63, 3.8) is 0 Å². The molecule has 1 atom stereocenters. The van der Waals surface area contributed by atoms with E-state index in [1.165, 1.54) is 19.8 Å². The highest BCUT2D eigenvalue weighted by molar-refractivity contribution is 5.77. The van der Waals surface area contributed by atoms with E-state index in [1.54, 1.807) is 17.8 Å². The van der Waals surface area contributed by atoms with Gasteiger partial charge in [-0.1, -0.05) is 0 Å². The molecule has 1 N–H and O–H groups in total. The second-order valence-corrected chi connectivity index (χ2v) is 7.31. The quantitative estimate of drug-likeness (QED) is 0.642. The summed E-state index contributed by atoms with van der Waals surface area (Å²) in [5.41, 5.74) is 2.14. The third-order valence-electron chi connectivity index (χ3n) is 4.55. The van der Waals surface area contributed by atoms with E-state index in [0.29, 0.717) is 35.6 Å². The van der Waals surface area contributed by atoms with Crippen LogP contribution in [0.2, 0.25) is 0 Å². The van der Waals surface area contributed by atoms with Crippen LogP contribution in [0.5, 0.6) is 11.6 Å². The minimum atomic E-state index is -0.110. The average Bonchev–Trinajstić information content (AvgIpc) is 3.26. The molecule has 0 aliphatic heterocycles. The molecule has 2 aromatic heterocycles. The Morgan fingerprint density at radius 3 is 2.93 bits per heavy atom. The lowest BCUT2D eigenvalue weighted by Crippen LogP contribution is -2.35. The number of hydrogen-bond donors (Lipinski definition) is 1. The number of rotatable bonds is 8. The maximum Gasteiger partial charge on any atom is 0.246 e. The van der Waals surface area contributed by atoms with Crippen molar-refractivity contribution < 1.29 is 18.7 Å². The van der Waals surface area contributed by atoms with E-state index in [-0.39, 0.29) is 11.9 Å². The zero-order valence-electron chi connectivity index (χ0n) is 16.3. The Labute approximate surface area is 162 Å². The van der Waals surface area contributed by atoms with Gasteiger partial charge in [0.2, 0.25) is 17.7 Å². The molecule has 8 heteroatoms. The number of benzene rings is 1. The normalized spacial score (nSPS) is 14.8. The molecular formula is C20H24N4O4. The molecule has 0 saturated heterocycles. The number of fused-ring (bicyclic) bond motifs is 1. The number of amides is 1. The first kappa shape index (κ1) is 18.3. The van der Waals surface area contributed by atoms with Gasteiger partial charge in [0.1, 0.15) is 23.6 Å². The maximum absolute atomic E-state index is 11.1. The summed E-state index contributed by atoms with van der Waals surface area (Å²) in [5, 5.41) is 7.11. The second kappa shape index (κ2) is 7.53. The molecule has 0 radical (unpaired) electrons. The molecule has 3 aromatic rings. The van der Waals surface area contributed by atoms with Crippen LogP contribution in [-0.4, -0.2) is 39.9 Å². The standard InChI is InChI=1S/C20H24N4O4/c1-12(21-13(2)25)10-27-19-9-17(24(3)23-19)20-22-16-7-6-15(8-18(16)28-20)26-11-14-4-5-14/h6-9,12,14H,4-5,10-11H2,1-3H3,(H,21,25). The van der Waals surface area contributed by atoms with E-state index in [1.807, 2.05) is 25.1 Å². The first-order valence-electron chi connectivity index (χ1n) is 9.45. The number of carbonyl (C=O) groups excluding carboxylic acids is 1. The molecule has 1 aromatic carbocycles. The Morgan fingerprint density at radius 1 is 1.36 bits per heavy atom. The molecule has 4 rings (SSSR count). The SMILES string of the molecule is CC(=O)NC(C)COc1cc(-c2nc3ccc(OCC4CC4)cc3o2)n(C)n1. The van der Waals surface area contributed by atoms with Crippen molar-refractivity contribution in [1.29, 1.82) is 0 Å². The van der Waals surface area contributed by atoms with E-state index >= 15 is 0 Å². The molecule has 1 aliphatic carbocycles. The Kier molecular flexibility index (Phi) is 4.93. The Balaban J connectivity index is 1.47. The fourth-order valence-corrected chi connectivity index (χ4v) is 2.91. The monoisotopic (exact) mass is 384 g/mol. The van der Waals surface area contributed by atoms with Gasteiger partial charge in [0.25, 0.3) is 0 Å². The maximum atomic E-state index is 11.1. The molecule has 148 valence electrons. The van der Waals surface area contributed by atoms with Gasteiger partial charge in [0.05, 0.1) is 12.6 Å². The Bertz CT molecular complexity index is 989. The summed E-state index contributed by atoms with van der Waals surface area (Å²) in [5.74, 6) is 2.31. The van der Waals surface area contributed by atoms with E-state index in [9.17, 15) is 4.79 Å². The molecule has 1 unspecified atom stereocenters. The lowest BCUT2D eigenvalue weighted by atomic mass is 10.3. The predicted octanol–water partition coefficient (Wildman–Crippen LogP) is 2.92. The Hall–Kier alpha value is -3.03. The molecular weight excluding hydrogens is 360 g/mol. The van der Waals surface area contributed by atoms with Gasteiger partial charge in [-0.3, -0.25) is 9.48 Å². The van der Waals surface area contributed by atoms with Crippen molar-refractivity contribution >= 4 is 17.0 Å². The lowest BCUT2D eigenvalue weighted by Gasteiger charge is -2.11. The van der Waals surface area contributed by atoms with Crippen LogP contribution in [-0.2, 0) is 11.8 Å². The molecule has 1 fully saturated rings. The average molecular weight is 384 g/mol. The van der Waals surface area contributed by atoms with E-state index in [4.69, 9.17) is 13.9 Å². The van der Waals surface area contributed by atoms with Gasteiger partial charge in [0.15, 0.2) is 5.58 Å². The van der Waals surface area contributed by atoms with Crippen LogP contribution >= 0.6 is 0 Å². The van der Waals surface area contributed by atoms with Gasteiger partial charge >= 0.3 is 0 Å². The topological polar surface area (TPSA) is 91.4 Å².